The first kappa shape index (κ1) is 46.5. The van der Waals surface area contributed by atoms with Gasteiger partial charge in [-0.15, -0.1) is 0 Å². The second kappa shape index (κ2) is 35.4. The van der Waals surface area contributed by atoms with E-state index in [-0.39, 0.29) is 19.4 Å². The molecule has 0 radical (unpaired) electrons. The molecule has 0 aromatic heterocycles. The molecule has 0 fully saturated rings. The summed E-state index contributed by atoms with van der Waals surface area (Å²) in [5, 5.41) is 0. The van der Waals surface area contributed by atoms with Crippen LogP contribution in [-0.2, 0) is 28.2 Å². The molecule has 0 aliphatic rings. The third-order valence-corrected chi connectivity index (χ3v) is 8.93. The fourth-order valence-electron chi connectivity index (χ4n) is 5.48. The molecule has 0 saturated heterocycles. The molecule has 0 bridgehead atoms. The van der Waals surface area contributed by atoms with Crippen molar-refractivity contribution >= 4 is 19.8 Å². The Bertz CT molecular complexity index is 838. The summed E-state index contributed by atoms with van der Waals surface area (Å²) < 4.78 is 26.3. The van der Waals surface area contributed by atoms with Gasteiger partial charge in [-0.05, 0) is 64.2 Å². The minimum atomic E-state index is -4.75. The number of hydrogen-bond acceptors (Lipinski definition) is 6. The van der Waals surface area contributed by atoms with E-state index in [1.165, 1.54) is 89.9 Å². The zero-order chi connectivity index (χ0) is 35.4. The van der Waals surface area contributed by atoms with Crippen molar-refractivity contribution in [2.75, 3.05) is 13.2 Å². The van der Waals surface area contributed by atoms with Crippen molar-refractivity contribution in [3.8, 4) is 0 Å². The van der Waals surface area contributed by atoms with Gasteiger partial charge < -0.3 is 19.3 Å². The van der Waals surface area contributed by atoms with Crippen LogP contribution in [0.15, 0.2) is 24.3 Å². The van der Waals surface area contributed by atoms with Gasteiger partial charge in [-0.25, -0.2) is 4.57 Å². The molecule has 0 aromatic rings. The summed E-state index contributed by atoms with van der Waals surface area (Å²) in [6.45, 7) is 3.66. The van der Waals surface area contributed by atoms with E-state index in [1.807, 2.05) is 0 Å². The van der Waals surface area contributed by atoms with Crippen LogP contribution in [0.5, 0.6) is 0 Å². The molecule has 0 spiro atoms. The Kier molecular flexibility index (Phi) is 34.3. The summed E-state index contributed by atoms with van der Waals surface area (Å²) in [6, 6.07) is 0. The maximum absolute atomic E-state index is 12.4. The number of esters is 2. The highest BCUT2D eigenvalue weighted by molar-refractivity contribution is 7.46. The highest BCUT2D eigenvalue weighted by atomic mass is 31.2. The van der Waals surface area contributed by atoms with Gasteiger partial charge in [0.15, 0.2) is 6.10 Å². The number of rotatable bonds is 36. The minimum Gasteiger partial charge on any atom is -0.462 e. The van der Waals surface area contributed by atoms with Crippen molar-refractivity contribution in [3.63, 3.8) is 0 Å². The summed E-state index contributed by atoms with van der Waals surface area (Å²) in [5.41, 5.74) is 0. The summed E-state index contributed by atoms with van der Waals surface area (Å²) in [7, 11) is -4.75. The van der Waals surface area contributed by atoms with E-state index in [0.717, 1.165) is 64.2 Å². The number of carbonyl (C=O) groups is 2. The van der Waals surface area contributed by atoms with Gasteiger partial charge >= 0.3 is 19.8 Å². The third-order valence-electron chi connectivity index (χ3n) is 8.44. The molecule has 2 N–H and O–H groups in total. The van der Waals surface area contributed by atoms with Crippen molar-refractivity contribution in [1.29, 1.82) is 0 Å². The van der Waals surface area contributed by atoms with Gasteiger partial charge in [0.05, 0.1) is 6.61 Å². The molecule has 9 heteroatoms. The van der Waals surface area contributed by atoms with Crippen LogP contribution >= 0.6 is 7.82 Å². The molecule has 48 heavy (non-hydrogen) atoms. The topological polar surface area (TPSA) is 119 Å². The molecule has 1 atom stereocenters. The number of ether oxygens (including phenoxy) is 2. The fourth-order valence-corrected chi connectivity index (χ4v) is 5.84. The van der Waals surface area contributed by atoms with E-state index in [0.29, 0.717) is 12.8 Å². The van der Waals surface area contributed by atoms with E-state index in [9.17, 15) is 14.2 Å². The Morgan fingerprint density at radius 3 is 1.27 bits per heavy atom. The van der Waals surface area contributed by atoms with Gasteiger partial charge in [-0.1, -0.05) is 141 Å². The number of unbranched alkanes of at least 4 members (excludes halogenated alkanes) is 22. The van der Waals surface area contributed by atoms with Crippen LogP contribution in [-0.4, -0.2) is 41.0 Å². The molecular weight excluding hydrogens is 627 g/mol. The molecule has 0 rings (SSSR count). The van der Waals surface area contributed by atoms with E-state index in [4.69, 9.17) is 19.3 Å². The highest BCUT2D eigenvalue weighted by Gasteiger charge is 2.22. The van der Waals surface area contributed by atoms with Crippen LogP contribution in [0.4, 0.5) is 0 Å². The largest absolute Gasteiger partial charge is 0.469 e. The van der Waals surface area contributed by atoms with Crippen molar-refractivity contribution in [3.05, 3.63) is 24.3 Å². The number of hydrogen-bond donors (Lipinski definition) is 2. The van der Waals surface area contributed by atoms with Gasteiger partial charge in [0.1, 0.15) is 6.61 Å². The lowest BCUT2D eigenvalue weighted by Gasteiger charge is -2.18. The predicted molar refractivity (Wildman–Crippen MR) is 198 cm³/mol. The smallest absolute Gasteiger partial charge is 0.462 e. The van der Waals surface area contributed by atoms with Gasteiger partial charge in [0, 0.05) is 12.8 Å². The molecule has 0 aromatic carbocycles. The minimum absolute atomic E-state index is 0.202. The Hall–Kier alpha value is -1.47. The van der Waals surface area contributed by atoms with E-state index < -0.39 is 32.5 Å². The number of carbonyl (C=O) groups excluding carboxylic acids is 2. The van der Waals surface area contributed by atoms with Crippen molar-refractivity contribution in [1.82, 2.24) is 0 Å². The second-order valence-electron chi connectivity index (χ2n) is 13.2. The van der Waals surface area contributed by atoms with E-state index >= 15 is 0 Å². The quantitative estimate of drug-likeness (QED) is 0.0287. The fraction of sp³-hybridized carbons (Fsp3) is 0.846. The lowest BCUT2D eigenvalue weighted by Crippen LogP contribution is -2.29. The summed E-state index contributed by atoms with van der Waals surface area (Å²) in [5.74, 6) is -0.901. The second-order valence-corrected chi connectivity index (χ2v) is 14.5. The normalized spacial score (nSPS) is 12.7. The van der Waals surface area contributed by atoms with Gasteiger partial charge in [-0.2, -0.15) is 0 Å². The predicted octanol–water partition coefficient (Wildman–Crippen LogP) is 11.6. The van der Waals surface area contributed by atoms with Crippen LogP contribution in [0.1, 0.15) is 194 Å². The summed E-state index contributed by atoms with van der Waals surface area (Å²) >= 11 is 0. The van der Waals surface area contributed by atoms with Crippen LogP contribution in [0.2, 0.25) is 0 Å². The van der Waals surface area contributed by atoms with Gasteiger partial charge in [0.2, 0.25) is 0 Å². The molecule has 282 valence electrons. The number of phosphoric ester groups is 1. The molecule has 0 amide bonds. The summed E-state index contributed by atoms with van der Waals surface area (Å²) in [4.78, 5) is 42.7. The van der Waals surface area contributed by atoms with Crippen molar-refractivity contribution < 1.29 is 37.9 Å². The molecule has 0 saturated carbocycles. The van der Waals surface area contributed by atoms with Gasteiger partial charge in [-0.3, -0.25) is 14.1 Å². The first-order valence-electron chi connectivity index (χ1n) is 19.6. The first-order chi connectivity index (χ1) is 23.3. The molecule has 0 aliphatic carbocycles. The van der Waals surface area contributed by atoms with Crippen LogP contribution < -0.4 is 0 Å². The molecule has 8 nitrogen and oxygen atoms in total. The van der Waals surface area contributed by atoms with Gasteiger partial charge in [0.25, 0.3) is 0 Å². The molecule has 0 unspecified atom stereocenters. The maximum atomic E-state index is 12.4. The van der Waals surface area contributed by atoms with E-state index in [2.05, 4.69) is 42.7 Å². The van der Waals surface area contributed by atoms with Crippen LogP contribution in [0.25, 0.3) is 0 Å². The lowest BCUT2D eigenvalue weighted by atomic mass is 10.1. The zero-order valence-electron chi connectivity index (χ0n) is 30.9. The van der Waals surface area contributed by atoms with E-state index in [1.54, 1.807) is 0 Å². The Morgan fingerprint density at radius 1 is 0.521 bits per heavy atom. The SMILES string of the molecule is CCCCCCCC/C=C\CCCCCCCC(=O)OC[C@H](COP(=O)(O)O)OC(=O)CCCCCCC/C=C/CCCCCCCC. The van der Waals surface area contributed by atoms with Crippen LogP contribution in [0.3, 0.4) is 0 Å². The molecule has 0 heterocycles. The first-order valence-corrected chi connectivity index (χ1v) is 21.2. The molecular formula is C39H73O8P. The lowest BCUT2D eigenvalue weighted by molar-refractivity contribution is -0.161. The zero-order valence-corrected chi connectivity index (χ0v) is 31.8. The Balaban J connectivity index is 3.97. The average Bonchev–Trinajstić information content (AvgIpc) is 3.05. The Morgan fingerprint density at radius 2 is 0.875 bits per heavy atom. The maximum Gasteiger partial charge on any atom is 0.469 e. The van der Waals surface area contributed by atoms with Crippen molar-refractivity contribution in [2.45, 2.75) is 200 Å². The number of allylic oxidation sites excluding steroid dienone is 4. The number of phosphoric acid groups is 1. The van der Waals surface area contributed by atoms with Crippen LogP contribution in [0, 0.1) is 0 Å². The van der Waals surface area contributed by atoms with Crippen molar-refractivity contribution in [2.24, 2.45) is 0 Å². The third kappa shape index (κ3) is 37.4. The molecule has 0 aliphatic heterocycles. The monoisotopic (exact) mass is 701 g/mol. The average molecular weight is 701 g/mol. The summed E-state index contributed by atoms with van der Waals surface area (Å²) in [6.07, 6.45) is 38.9. The standard InChI is InChI=1S/C39H73O8P/c1-3-5-7-9-11-13-15-17-19-21-23-25-27-29-31-33-38(40)45-35-37(36-46-48(42,43)44)47-39(41)34-32-30-28-26-24-22-20-18-16-14-12-10-8-6-4-2/h17-20,37H,3-16,21-36H2,1-2H3,(H2,42,43,44)/b19-17-,20-18+/t37-/m1/s1. The highest BCUT2D eigenvalue weighted by Crippen LogP contribution is 2.36. The Labute approximate surface area is 294 Å².